The van der Waals surface area contributed by atoms with E-state index in [1.54, 1.807) is 6.07 Å². The smallest absolute Gasteiger partial charge is 0.414 e. The first kappa shape index (κ1) is 17.2. The summed E-state index contributed by atoms with van der Waals surface area (Å²) in [7, 11) is 0. The van der Waals surface area contributed by atoms with Crippen LogP contribution in [-0.2, 0) is 4.74 Å². The van der Waals surface area contributed by atoms with Gasteiger partial charge in [-0.1, -0.05) is 15.9 Å². The molecule has 1 saturated heterocycles. The number of carbonyl (C=O) groups excluding carboxylic acids is 1. The van der Waals surface area contributed by atoms with Crippen molar-refractivity contribution >= 4 is 33.7 Å². The van der Waals surface area contributed by atoms with E-state index < -0.39 is 24.0 Å². The number of nitrogens with zero attached hydrogens (tertiary/aromatic N) is 1. The predicted octanol–water partition coefficient (Wildman–Crippen LogP) is 3.69. The van der Waals surface area contributed by atoms with Crippen molar-refractivity contribution in [3.05, 3.63) is 58.3 Å². The van der Waals surface area contributed by atoms with E-state index in [-0.39, 0.29) is 24.4 Å². The van der Waals surface area contributed by atoms with Crippen LogP contribution < -0.4 is 9.64 Å². The predicted molar refractivity (Wildman–Crippen MR) is 90.6 cm³/mol. The number of hydrogen-bond donors (Lipinski definition) is 1. The fourth-order valence-corrected chi connectivity index (χ4v) is 2.72. The summed E-state index contributed by atoms with van der Waals surface area (Å²) in [5, 5.41) is 8.85. The van der Waals surface area contributed by atoms with Crippen molar-refractivity contribution in [1.29, 1.82) is 0 Å². The van der Waals surface area contributed by atoms with Crippen molar-refractivity contribution in [1.82, 2.24) is 0 Å². The van der Waals surface area contributed by atoms with Gasteiger partial charge in [0.2, 0.25) is 0 Å². The van der Waals surface area contributed by atoms with E-state index in [4.69, 9.17) is 14.6 Å². The lowest BCUT2D eigenvalue weighted by Gasteiger charge is -2.14. The minimum absolute atomic E-state index is 0.0762. The maximum absolute atomic E-state index is 14.0. The SMILES string of the molecule is O=C(O)c1ccc(OCC2CN(c3ccc(Br)cc3F)C(=O)O2)cc1. The first-order chi connectivity index (χ1) is 11.9. The molecule has 6 nitrogen and oxygen atoms in total. The fraction of sp³-hybridized carbons (Fsp3) is 0.176. The molecule has 0 radical (unpaired) electrons. The maximum atomic E-state index is 14.0. The molecule has 2 aromatic rings. The first-order valence-electron chi connectivity index (χ1n) is 7.33. The number of carbonyl (C=O) groups is 2. The molecule has 1 amide bonds. The Bertz CT molecular complexity index is 811. The molecular formula is C17H13BrFNO5. The highest BCUT2D eigenvalue weighted by Crippen LogP contribution is 2.27. The zero-order valence-electron chi connectivity index (χ0n) is 12.8. The van der Waals surface area contributed by atoms with Gasteiger partial charge < -0.3 is 14.6 Å². The molecule has 1 unspecified atom stereocenters. The van der Waals surface area contributed by atoms with Crippen LogP contribution in [0.25, 0.3) is 0 Å². The average Bonchev–Trinajstić information content (AvgIpc) is 2.94. The second-order valence-corrected chi connectivity index (χ2v) is 6.27. The van der Waals surface area contributed by atoms with Gasteiger partial charge in [0.1, 0.15) is 18.2 Å². The first-order valence-corrected chi connectivity index (χ1v) is 8.12. The normalized spacial score (nSPS) is 16.6. The molecule has 0 bridgehead atoms. The highest BCUT2D eigenvalue weighted by Gasteiger charge is 2.34. The molecule has 2 aromatic carbocycles. The number of halogens is 2. The Labute approximate surface area is 150 Å². The minimum atomic E-state index is -1.02. The summed E-state index contributed by atoms with van der Waals surface area (Å²) < 4.78 is 25.3. The quantitative estimate of drug-likeness (QED) is 0.814. The highest BCUT2D eigenvalue weighted by atomic mass is 79.9. The molecule has 1 aliphatic rings. The molecule has 1 N–H and O–H groups in total. The summed E-state index contributed by atoms with van der Waals surface area (Å²) in [4.78, 5) is 24.0. The topological polar surface area (TPSA) is 76.1 Å². The van der Waals surface area contributed by atoms with Crippen LogP contribution in [0.2, 0.25) is 0 Å². The van der Waals surface area contributed by atoms with Crippen molar-refractivity contribution in [2.45, 2.75) is 6.10 Å². The summed E-state index contributed by atoms with van der Waals surface area (Å²) in [6, 6.07) is 10.3. The summed E-state index contributed by atoms with van der Waals surface area (Å²) in [6.07, 6.45) is -1.20. The number of rotatable bonds is 5. The third-order valence-corrected chi connectivity index (χ3v) is 4.11. The summed E-state index contributed by atoms with van der Waals surface area (Å²) in [5.41, 5.74) is 0.290. The number of ether oxygens (including phenoxy) is 2. The van der Waals surface area contributed by atoms with Gasteiger partial charge in [-0.15, -0.1) is 0 Å². The van der Waals surface area contributed by atoms with Crippen LogP contribution in [0, 0.1) is 5.82 Å². The number of aromatic carboxylic acids is 1. The Morgan fingerprint density at radius 2 is 2.04 bits per heavy atom. The van der Waals surface area contributed by atoms with Crippen LogP contribution in [-0.4, -0.2) is 36.4 Å². The van der Waals surface area contributed by atoms with Crippen molar-refractivity contribution in [3.63, 3.8) is 0 Å². The second kappa shape index (κ2) is 7.10. The summed E-state index contributed by atoms with van der Waals surface area (Å²) in [5.74, 6) is -1.10. The molecule has 8 heteroatoms. The highest BCUT2D eigenvalue weighted by molar-refractivity contribution is 9.10. The summed E-state index contributed by atoms with van der Waals surface area (Å²) >= 11 is 3.17. The number of amides is 1. The Balaban J connectivity index is 1.62. The van der Waals surface area contributed by atoms with Crippen LogP contribution in [0.15, 0.2) is 46.9 Å². The van der Waals surface area contributed by atoms with Gasteiger partial charge >= 0.3 is 12.1 Å². The Kier molecular flexibility index (Phi) is 4.89. The number of cyclic esters (lactones) is 1. The van der Waals surface area contributed by atoms with Gasteiger partial charge in [-0.2, -0.15) is 0 Å². The molecule has 0 spiro atoms. The lowest BCUT2D eigenvalue weighted by molar-refractivity contribution is 0.0696. The van der Waals surface area contributed by atoms with Crippen LogP contribution in [0.3, 0.4) is 0 Å². The van der Waals surface area contributed by atoms with Gasteiger partial charge in [-0.25, -0.2) is 14.0 Å². The Morgan fingerprint density at radius 3 is 2.68 bits per heavy atom. The average molecular weight is 410 g/mol. The fourth-order valence-electron chi connectivity index (χ4n) is 2.39. The lowest BCUT2D eigenvalue weighted by atomic mass is 10.2. The van der Waals surface area contributed by atoms with Crippen molar-refractivity contribution in [2.24, 2.45) is 0 Å². The third kappa shape index (κ3) is 3.90. The van der Waals surface area contributed by atoms with Gasteiger partial charge in [0, 0.05) is 4.47 Å². The molecule has 1 heterocycles. The molecule has 0 aromatic heterocycles. The second-order valence-electron chi connectivity index (χ2n) is 5.35. The van der Waals surface area contributed by atoms with Crippen molar-refractivity contribution in [3.8, 4) is 5.75 Å². The van der Waals surface area contributed by atoms with E-state index in [9.17, 15) is 14.0 Å². The standard InChI is InChI=1S/C17H13BrFNO5/c18-11-3-6-15(14(19)7-11)20-8-13(25-17(20)23)9-24-12-4-1-10(2-5-12)16(21)22/h1-7,13H,8-9H2,(H,21,22). The number of anilines is 1. The monoisotopic (exact) mass is 409 g/mol. The largest absolute Gasteiger partial charge is 0.490 e. The number of carboxylic acid groups (broad SMARTS) is 1. The Hall–Kier alpha value is -2.61. The zero-order chi connectivity index (χ0) is 18.0. The molecule has 0 aliphatic carbocycles. The summed E-state index contributed by atoms with van der Waals surface area (Å²) in [6.45, 7) is 0.234. The number of benzene rings is 2. The van der Waals surface area contributed by atoms with E-state index in [0.717, 1.165) is 0 Å². The van der Waals surface area contributed by atoms with E-state index in [0.29, 0.717) is 10.2 Å². The van der Waals surface area contributed by atoms with Gasteiger partial charge in [-0.05, 0) is 42.5 Å². The van der Waals surface area contributed by atoms with Gasteiger partial charge in [0.15, 0.2) is 6.10 Å². The van der Waals surface area contributed by atoms with E-state index >= 15 is 0 Å². The van der Waals surface area contributed by atoms with Gasteiger partial charge in [0.05, 0.1) is 17.8 Å². The minimum Gasteiger partial charge on any atom is -0.490 e. The van der Waals surface area contributed by atoms with Crippen molar-refractivity contribution < 1.29 is 28.6 Å². The molecule has 1 atom stereocenters. The number of hydrogen-bond acceptors (Lipinski definition) is 4. The van der Waals surface area contributed by atoms with Gasteiger partial charge in [0.25, 0.3) is 0 Å². The molecule has 1 fully saturated rings. The van der Waals surface area contributed by atoms with Crippen molar-refractivity contribution in [2.75, 3.05) is 18.1 Å². The molecular weight excluding hydrogens is 397 g/mol. The Morgan fingerprint density at radius 1 is 1.32 bits per heavy atom. The van der Waals surface area contributed by atoms with E-state index in [1.165, 1.54) is 41.3 Å². The van der Waals surface area contributed by atoms with Gasteiger partial charge in [-0.3, -0.25) is 4.90 Å². The van der Waals surface area contributed by atoms with Crippen LogP contribution in [0.5, 0.6) is 5.75 Å². The molecule has 130 valence electrons. The number of carboxylic acids is 1. The zero-order valence-corrected chi connectivity index (χ0v) is 14.4. The van der Waals surface area contributed by atoms with Crippen LogP contribution in [0.4, 0.5) is 14.9 Å². The van der Waals surface area contributed by atoms with E-state index in [1.807, 2.05) is 0 Å². The third-order valence-electron chi connectivity index (χ3n) is 3.61. The molecule has 1 aliphatic heterocycles. The van der Waals surface area contributed by atoms with Crippen LogP contribution in [0.1, 0.15) is 10.4 Å². The maximum Gasteiger partial charge on any atom is 0.414 e. The van der Waals surface area contributed by atoms with Crippen LogP contribution >= 0.6 is 15.9 Å². The lowest BCUT2D eigenvalue weighted by Crippen LogP contribution is -2.27. The van der Waals surface area contributed by atoms with E-state index in [2.05, 4.69) is 15.9 Å². The molecule has 3 rings (SSSR count). The molecule has 25 heavy (non-hydrogen) atoms. The molecule has 0 saturated carbocycles.